The lowest BCUT2D eigenvalue weighted by atomic mass is 9.81. The van der Waals surface area contributed by atoms with Crippen LogP contribution in [0.1, 0.15) is 52.9 Å². The van der Waals surface area contributed by atoms with Gasteiger partial charge in [0, 0.05) is 12.0 Å². The van der Waals surface area contributed by atoms with E-state index < -0.39 is 5.97 Å². The highest BCUT2D eigenvalue weighted by atomic mass is 16.4. The predicted octanol–water partition coefficient (Wildman–Crippen LogP) is 2.75. The Bertz CT molecular complexity index is 238. The second kappa shape index (κ2) is 5.67. The molecule has 0 bridgehead atoms. The molecular formula is C13H25NO2. The van der Waals surface area contributed by atoms with Gasteiger partial charge in [0.1, 0.15) is 0 Å². The highest BCUT2D eigenvalue weighted by molar-refractivity contribution is 5.67. The zero-order valence-electron chi connectivity index (χ0n) is 10.8. The maximum absolute atomic E-state index is 10.7. The quantitative estimate of drug-likeness (QED) is 0.785. The van der Waals surface area contributed by atoms with Crippen molar-refractivity contribution in [2.45, 2.75) is 58.4 Å². The Morgan fingerprint density at radius 2 is 2.19 bits per heavy atom. The van der Waals surface area contributed by atoms with Crippen molar-refractivity contribution >= 4 is 5.97 Å². The third kappa shape index (κ3) is 3.78. The van der Waals surface area contributed by atoms with Gasteiger partial charge in [0.05, 0.1) is 0 Å². The number of carboxylic acids is 1. The molecule has 0 spiro atoms. The van der Waals surface area contributed by atoms with Crippen LogP contribution in [0.5, 0.6) is 0 Å². The van der Waals surface area contributed by atoms with Crippen LogP contribution in [0.4, 0.5) is 0 Å². The van der Waals surface area contributed by atoms with E-state index in [4.69, 9.17) is 5.11 Å². The number of rotatable bonds is 5. The Morgan fingerprint density at radius 1 is 1.50 bits per heavy atom. The fourth-order valence-electron chi connectivity index (χ4n) is 2.76. The van der Waals surface area contributed by atoms with Crippen molar-refractivity contribution in [3.05, 3.63) is 0 Å². The minimum Gasteiger partial charge on any atom is -0.481 e. The monoisotopic (exact) mass is 227 g/mol. The Kier molecular flexibility index (Phi) is 4.78. The summed E-state index contributed by atoms with van der Waals surface area (Å²) in [4.78, 5) is 13.2. The van der Waals surface area contributed by atoms with E-state index in [0.717, 1.165) is 25.9 Å². The number of piperidine rings is 1. The van der Waals surface area contributed by atoms with Gasteiger partial charge in [0.15, 0.2) is 0 Å². The summed E-state index contributed by atoms with van der Waals surface area (Å²) in [6, 6.07) is 0. The SMILES string of the molecule is CCCCN1CCC(CC(=O)O)CC1(C)C. The average molecular weight is 227 g/mol. The summed E-state index contributed by atoms with van der Waals surface area (Å²) in [6.45, 7) is 8.92. The van der Waals surface area contributed by atoms with E-state index in [0.29, 0.717) is 12.3 Å². The summed E-state index contributed by atoms with van der Waals surface area (Å²) in [5.74, 6) is -0.284. The minimum atomic E-state index is -0.650. The van der Waals surface area contributed by atoms with Crippen LogP contribution in [0.2, 0.25) is 0 Å². The first-order valence-electron chi connectivity index (χ1n) is 6.42. The van der Waals surface area contributed by atoms with Gasteiger partial charge in [-0.15, -0.1) is 0 Å². The first kappa shape index (κ1) is 13.5. The Morgan fingerprint density at radius 3 is 2.69 bits per heavy atom. The first-order valence-corrected chi connectivity index (χ1v) is 6.42. The fraction of sp³-hybridized carbons (Fsp3) is 0.923. The lowest BCUT2D eigenvalue weighted by Crippen LogP contribution is -2.50. The molecule has 1 unspecified atom stereocenters. The number of unbranched alkanes of at least 4 members (excludes halogenated alkanes) is 1. The van der Waals surface area contributed by atoms with Crippen molar-refractivity contribution in [2.75, 3.05) is 13.1 Å². The summed E-state index contributed by atoms with van der Waals surface area (Å²) in [5.41, 5.74) is 0.174. The van der Waals surface area contributed by atoms with E-state index >= 15 is 0 Å². The van der Waals surface area contributed by atoms with Crippen LogP contribution in [-0.2, 0) is 4.79 Å². The van der Waals surface area contributed by atoms with E-state index in [1.165, 1.54) is 12.8 Å². The molecule has 1 heterocycles. The van der Waals surface area contributed by atoms with Gasteiger partial charge in [-0.05, 0) is 52.1 Å². The summed E-state index contributed by atoms with van der Waals surface area (Å²) in [5, 5.41) is 8.83. The van der Waals surface area contributed by atoms with Crippen LogP contribution in [0.25, 0.3) is 0 Å². The van der Waals surface area contributed by atoms with E-state index in [2.05, 4.69) is 25.7 Å². The lowest BCUT2D eigenvalue weighted by molar-refractivity contribution is -0.138. The van der Waals surface area contributed by atoms with Crippen LogP contribution in [0.15, 0.2) is 0 Å². The van der Waals surface area contributed by atoms with E-state index in [9.17, 15) is 4.79 Å². The largest absolute Gasteiger partial charge is 0.481 e. The van der Waals surface area contributed by atoms with Crippen molar-refractivity contribution < 1.29 is 9.90 Å². The van der Waals surface area contributed by atoms with Crippen LogP contribution < -0.4 is 0 Å². The molecule has 1 saturated heterocycles. The summed E-state index contributed by atoms with van der Waals surface area (Å²) in [7, 11) is 0. The topological polar surface area (TPSA) is 40.5 Å². The Balaban J connectivity index is 2.48. The Labute approximate surface area is 98.8 Å². The van der Waals surface area contributed by atoms with Crippen molar-refractivity contribution in [3.63, 3.8) is 0 Å². The van der Waals surface area contributed by atoms with E-state index in [1.807, 2.05) is 0 Å². The third-order valence-electron chi connectivity index (χ3n) is 3.70. The number of aliphatic carboxylic acids is 1. The molecule has 0 saturated carbocycles. The summed E-state index contributed by atoms with van der Waals surface area (Å²) in [6.07, 6.45) is 4.87. The maximum Gasteiger partial charge on any atom is 0.303 e. The van der Waals surface area contributed by atoms with Gasteiger partial charge in [-0.2, -0.15) is 0 Å². The lowest BCUT2D eigenvalue weighted by Gasteiger charge is -2.45. The second-order valence-corrected chi connectivity index (χ2v) is 5.61. The number of hydrogen-bond acceptors (Lipinski definition) is 2. The van der Waals surface area contributed by atoms with Crippen LogP contribution >= 0.6 is 0 Å². The standard InChI is InChI=1S/C13H25NO2/c1-4-5-7-14-8-6-11(9-12(15)16)10-13(14,2)3/h11H,4-10H2,1-3H3,(H,15,16). The molecule has 1 atom stereocenters. The number of likely N-dealkylation sites (tertiary alicyclic amines) is 1. The molecule has 1 rings (SSSR count). The summed E-state index contributed by atoms with van der Waals surface area (Å²) < 4.78 is 0. The molecule has 0 amide bonds. The number of carboxylic acid groups (broad SMARTS) is 1. The zero-order valence-corrected chi connectivity index (χ0v) is 10.8. The highest BCUT2D eigenvalue weighted by Crippen LogP contribution is 2.33. The van der Waals surface area contributed by atoms with Gasteiger partial charge in [-0.3, -0.25) is 9.69 Å². The number of carbonyl (C=O) groups is 1. The van der Waals surface area contributed by atoms with Crippen LogP contribution in [0, 0.1) is 5.92 Å². The molecule has 16 heavy (non-hydrogen) atoms. The molecule has 0 aromatic rings. The molecular weight excluding hydrogens is 202 g/mol. The minimum absolute atomic E-state index is 0.174. The van der Waals surface area contributed by atoms with Gasteiger partial charge in [-0.25, -0.2) is 0 Å². The molecule has 1 N–H and O–H groups in total. The smallest absolute Gasteiger partial charge is 0.303 e. The highest BCUT2D eigenvalue weighted by Gasteiger charge is 2.34. The number of nitrogens with zero attached hydrogens (tertiary/aromatic N) is 1. The maximum atomic E-state index is 10.7. The molecule has 94 valence electrons. The molecule has 1 fully saturated rings. The molecule has 1 aliphatic rings. The molecule has 1 aliphatic heterocycles. The Hall–Kier alpha value is -0.570. The van der Waals surface area contributed by atoms with Crippen molar-refractivity contribution in [3.8, 4) is 0 Å². The van der Waals surface area contributed by atoms with Gasteiger partial charge in [-0.1, -0.05) is 13.3 Å². The van der Waals surface area contributed by atoms with Gasteiger partial charge in [0.25, 0.3) is 0 Å². The zero-order chi connectivity index (χ0) is 12.2. The van der Waals surface area contributed by atoms with E-state index in [1.54, 1.807) is 0 Å². The van der Waals surface area contributed by atoms with Gasteiger partial charge in [0.2, 0.25) is 0 Å². The van der Waals surface area contributed by atoms with Crippen molar-refractivity contribution in [2.24, 2.45) is 5.92 Å². The summed E-state index contributed by atoms with van der Waals surface area (Å²) >= 11 is 0. The number of hydrogen-bond donors (Lipinski definition) is 1. The van der Waals surface area contributed by atoms with E-state index in [-0.39, 0.29) is 5.54 Å². The van der Waals surface area contributed by atoms with Crippen LogP contribution in [0.3, 0.4) is 0 Å². The van der Waals surface area contributed by atoms with Gasteiger partial charge >= 0.3 is 5.97 Å². The van der Waals surface area contributed by atoms with Gasteiger partial charge < -0.3 is 5.11 Å². The van der Waals surface area contributed by atoms with Crippen molar-refractivity contribution in [1.29, 1.82) is 0 Å². The normalized spacial score (nSPS) is 25.6. The average Bonchev–Trinajstić information content (AvgIpc) is 2.14. The molecule has 3 nitrogen and oxygen atoms in total. The molecule has 0 radical (unpaired) electrons. The fourth-order valence-corrected chi connectivity index (χ4v) is 2.76. The second-order valence-electron chi connectivity index (χ2n) is 5.61. The molecule has 0 aliphatic carbocycles. The first-order chi connectivity index (χ1) is 7.45. The predicted molar refractivity (Wildman–Crippen MR) is 65.5 cm³/mol. The van der Waals surface area contributed by atoms with Crippen molar-refractivity contribution in [1.82, 2.24) is 4.90 Å². The molecule has 0 aromatic heterocycles. The molecule has 3 heteroatoms. The third-order valence-corrected chi connectivity index (χ3v) is 3.70. The molecule has 0 aromatic carbocycles. The van der Waals surface area contributed by atoms with Crippen LogP contribution in [-0.4, -0.2) is 34.6 Å².